The molecule has 0 unspecified atom stereocenters. The number of aryl methyl sites for hydroxylation is 1. The van der Waals surface area contributed by atoms with Gasteiger partial charge < -0.3 is 0 Å². The highest BCUT2D eigenvalue weighted by Gasteiger charge is 2.13. The Morgan fingerprint density at radius 1 is 1.45 bits per heavy atom. The van der Waals surface area contributed by atoms with E-state index in [0.29, 0.717) is 23.5 Å². The van der Waals surface area contributed by atoms with E-state index >= 15 is 0 Å². The van der Waals surface area contributed by atoms with Crippen LogP contribution in [0.2, 0.25) is 0 Å². The molecule has 0 radical (unpaired) electrons. The third-order valence-electron chi connectivity index (χ3n) is 2.88. The maximum atomic E-state index is 14.0. The van der Waals surface area contributed by atoms with Crippen LogP contribution in [-0.2, 0) is 20.7 Å². The standard InChI is InChI=1S/C12H16FN3O3S/c1-8(7-19-20(3,17)18)4-10-5-12-15-14-9(2)16(12)6-11(10)13/h5-6,8H,4,7H2,1-3H3/t8-/m0/s1. The number of aromatic nitrogens is 3. The number of nitrogens with zero attached hydrogens (tertiary/aromatic N) is 3. The van der Waals surface area contributed by atoms with Gasteiger partial charge in [0.15, 0.2) is 5.65 Å². The highest BCUT2D eigenvalue weighted by Crippen LogP contribution is 2.16. The maximum Gasteiger partial charge on any atom is 0.264 e. The molecule has 110 valence electrons. The van der Waals surface area contributed by atoms with Gasteiger partial charge in [0, 0.05) is 6.20 Å². The van der Waals surface area contributed by atoms with Crippen LogP contribution in [0.3, 0.4) is 0 Å². The molecule has 0 saturated heterocycles. The summed E-state index contributed by atoms with van der Waals surface area (Å²) < 4.78 is 42.1. The lowest BCUT2D eigenvalue weighted by molar-refractivity contribution is 0.265. The van der Waals surface area contributed by atoms with E-state index < -0.39 is 10.1 Å². The van der Waals surface area contributed by atoms with Crippen LogP contribution in [-0.4, -0.2) is 35.9 Å². The Kier molecular flexibility index (Phi) is 4.05. The molecule has 0 amide bonds. The normalized spacial score (nSPS) is 13.8. The third kappa shape index (κ3) is 3.51. The van der Waals surface area contributed by atoms with Gasteiger partial charge in [-0.1, -0.05) is 6.92 Å². The molecule has 0 bridgehead atoms. The minimum absolute atomic E-state index is 0.0230. The summed E-state index contributed by atoms with van der Waals surface area (Å²) in [5.74, 6) is 0.108. The minimum atomic E-state index is -3.47. The lowest BCUT2D eigenvalue weighted by atomic mass is 10.0. The molecule has 0 fully saturated rings. The molecular formula is C12H16FN3O3S. The van der Waals surface area contributed by atoms with E-state index in [-0.39, 0.29) is 18.3 Å². The first-order chi connectivity index (χ1) is 9.26. The monoisotopic (exact) mass is 301 g/mol. The molecule has 0 aromatic carbocycles. The van der Waals surface area contributed by atoms with Gasteiger partial charge in [0.1, 0.15) is 11.6 Å². The van der Waals surface area contributed by atoms with Crippen LogP contribution < -0.4 is 0 Å². The van der Waals surface area contributed by atoms with Crippen molar-refractivity contribution in [3.05, 3.63) is 29.5 Å². The summed E-state index contributed by atoms with van der Waals surface area (Å²) in [5.41, 5.74) is 1.03. The van der Waals surface area contributed by atoms with Crippen molar-refractivity contribution in [1.29, 1.82) is 0 Å². The predicted octanol–water partition coefficient (Wildman–Crippen LogP) is 1.33. The number of hydrogen-bond donors (Lipinski definition) is 0. The summed E-state index contributed by atoms with van der Waals surface area (Å²) in [7, 11) is -3.47. The number of halogens is 1. The summed E-state index contributed by atoms with van der Waals surface area (Å²) in [6.07, 6.45) is 2.69. The molecule has 0 saturated carbocycles. The molecule has 8 heteroatoms. The van der Waals surface area contributed by atoms with E-state index in [1.54, 1.807) is 24.3 Å². The van der Waals surface area contributed by atoms with Crippen molar-refractivity contribution in [1.82, 2.24) is 14.6 Å². The SMILES string of the molecule is Cc1nnc2cc(C[C@H](C)COS(C)(=O)=O)c(F)cn12. The quantitative estimate of drug-likeness (QED) is 0.779. The Morgan fingerprint density at radius 2 is 2.15 bits per heavy atom. The molecule has 0 spiro atoms. The molecule has 2 aromatic heterocycles. The van der Waals surface area contributed by atoms with Gasteiger partial charge in [-0.25, -0.2) is 4.39 Å². The molecule has 20 heavy (non-hydrogen) atoms. The van der Waals surface area contributed by atoms with Crippen LogP contribution in [0, 0.1) is 18.7 Å². The van der Waals surface area contributed by atoms with E-state index in [1.165, 1.54) is 6.20 Å². The Hall–Kier alpha value is -1.54. The first kappa shape index (κ1) is 14.9. The number of fused-ring (bicyclic) bond motifs is 1. The van der Waals surface area contributed by atoms with Gasteiger partial charge in [-0.15, -0.1) is 10.2 Å². The zero-order valence-corrected chi connectivity index (χ0v) is 12.3. The van der Waals surface area contributed by atoms with Crippen molar-refractivity contribution in [2.75, 3.05) is 12.9 Å². The van der Waals surface area contributed by atoms with Crippen molar-refractivity contribution in [3.63, 3.8) is 0 Å². The van der Waals surface area contributed by atoms with E-state index in [4.69, 9.17) is 4.18 Å². The van der Waals surface area contributed by atoms with Crippen LogP contribution in [0.4, 0.5) is 4.39 Å². The van der Waals surface area contributed by atoms with Crippen molar-refractivity contribution in [3.8, 4) is 0 Å². The van der Waals surface area contributed by atoms with Crippen molar-refractivity contribution >= 4 is 15.8 Å². The molecule has 2 heterocycles. The summed E-state index contributed by atoms with van der Waals surface area (Å²) in [6, 6.07) is 1.62. The lowest BCUT2D eigenvalue weighted by Gasteiger charge is -2.11. The Bertz CT molecular complexity index is 727. The average Bonchev–Trinajstić information content (AvgIpc) is 2.68. The van der Waals surface area contributed by atoms with Crippen LogP contribution in [0.1, 0.15) is 18.3 Å². The second-order valence-corrected chi connectivity index (χ2v) is 6.56. The Balaban J connectivity index is 2.15. The first-order valence-corrected chi connectivity index (χ1v) is 7.92. The fraction of sp³-hybridized carbons (Fsp3) is 0.500. The molecule has 0 aliphatic heterocycles. The second kappa shape index (κ2) is 5.45. The van der Waals surface area contributed by atoms with E-state index in [1.807, 2.05) is 0 Å². The van der Waals surface area contributed by atoms with Gasteiger partial charge in [0.2, 0.25) is 0 Å². The van der Waals surface area contributed by atoms with Crippen LogP contribution in [0.25, 0.3) is 5.65 Å². The molecule has 2 rings (SSSR count). The highest BCUT2D eigenvalue weighted by atomic mass is 32.2. The zero-order chi connectivity index (χ0) is 14.9. The fourth-order valence-corrected chi connectivity index (χ4v) is 2.37. The van der Waals surface area contributed by atoms with Gasteiger partial charge in [-0.05, 0) is 30.9 Å². The van der Waals surface area contributed by atoms with Gasteiger partial charge in [0.25, 0.3) is 10.1 Å². The predicted molar refractivity (Wildman–Crippen MR) is 71.3 cm³/mol. The Labute approximate surface area is 116 Å². The Morgan fingerprint density at radius 3 is 2.80 bits per heavy atom. The average molecular weight is 301 g/mol. The number of rotatable bonds is 5. The van der Waals surface area contributed by atoms with E-state index in [9.17, 15) is 12.8 Å². The molecule has 0 aliphatic carbocycles. The largest absolute Gasteiger partial charge is 0.284 e. The number of pyridine rings is 1. The van der Waals surface area contributed by atoms with Crippen molar-refractivity contribution in [2.45, 2.75) is 20.3 Å². The first-order valence-electron chi connectivity index (χ1n) is 6.10. The van der Waals surface area contributed by atoms with Gasteiger partial charge in [-0.2, -0.15) is 8.42 Å². The van der Waals surface area contributed by atoms with Crippen LogP contribution in [0.5, 0.6) is 0 Å². The van der Waals surface area contributed by atoms with Crippen molar-refractivity contribution < 1.29 is 17.0 Å². The minimum Gasteiger partial charge on any atom is -0.284 e. The molecule has 0 N–H and O–H groups in total. The van der Waals surface area contributed by atoms with Gasteiger partial charge >= 0.3 is 0 Å². The third-order valence-corrected chi connectivity index (χ3v) is 3.44. The topological polar surface area (TPSA) is 73.6 Å². The molecule has 2 aromatic rings. The van der Waals surface area contributed by atoms with Crippen molar-refractivity contribution in [2.24, 2.45) is 5.92 Å². The van der Waals surface area contributed by atoms with Gasteiger partial charge in [0.05, 0.1) is 12.9 Å². The summed E-state index contributed by atoms with van der Waals surface area (Å²) in [4.78, 5) is 0. The number of hydrogen-bond acceptors (Lipinski definition) is 5. The lowest BCUT2D eigenvalue weighted by Crippen LogP contribution is -2.14. The molecule has 0 aliphatic rings. The summed E-state index contributed by atoms with van der Waals surface area (Å²) in [6.45, 7) is 3.56. The summed E-state index contributed by atoms with van der Waals surface area (Å²) in [5, 5.41) is 7.80. The second-order valence-electron chi connectivity index (χ2n) is 4.92. The molecule has 1 atom stereocenters. The molecular weight excluding hydrogens is 285 g/mol. The fourth-order valence-electron chi connectivity index (χ4n) is 1.90. The van der Waals surface area contributed by atoms with E-state index in [0.717, 1.165) is 6.26 Å². The zero-order valence-electron chi connectivity index (χ0n) is 11.5. The van der Waals surface area contributed by atoms with Crippen LogP contribution >= 0.6 is 0 Å². The smallest absolute Gasteiger partial charge is 0.264 e. The van der Waals surface area contributed by atoms with Crippen LogP contribution in [0.15, 0.2) is 12.3 Å². The summed E-state index contributed by atoms with van der Waals surface area (Å²) >= 11 is 0. The van der Waals surface area contributed by atoms with E-state index in [2.05, 4.69) is 10.2 Å². The van der Waals surface area contributed by atoms with Gasteiger partial charge in [-0.3, -0.25) is 8.58 Å². The highest BCUT2D eigenvalue weighted by molar-refractivity contribution is 7.85. The maximum absolute atomic E-state index is 14.0. The molecule has 6 nitrogen and oxygen atoms in total.